The molecule has 5 nitrogen and oxygen atoms in total. The third kappa shape index (κ3) is 1.71. The van der Waals surface area contributed by atoms with Crippen molar-refractivity contribution in [1.82, 2.24) is 10.5 Å². The zero-order valence-electron chi connectivity index (χ0n) is 9.58. The fraction of sp³-hybridized carbons (Fsp3) is 0.636. The Morgan fingerprint density at radius 2 is 2.19 bits per heavy atom. The van der Waals surface area contributed by atoms with Crippen molar-refractivity contribution in [3.8, 4) is 0 Å². The maximum absolute atomic E-state index is 12.0. The van der Waals surface area contributed by atoms with Crippen LogP contribution in [0.25, 0.3) is 0 Å². The molecular weight excluding hydrogens is 208 g/mol. The minimum atomic E-state index is -0.603. The number of nitrogens with zero attached hydrogens (tertiary/aromatic N) is 1. The molecule has 1 amide bonds. The lowest BCUT2D eigenvalue weighted by atomic mass is 9.77. The van der Waals surface area contributed by atoms with Gasteiger partial charge in [-0.25, -0.2) is 0 Å². The van der Waals surface area contributed by atoms with E-state index < -0.39 is 5.41 Å². The number of aromatic nitrogens is 1. The SMILES string of the molecule is CNC(=O)C1(c2cc(C)no2)CCOCC1. The number of amides is 1. The monoisotopic (exact) mass is 224 g/mol. The van der Waals surface area contributed by atoms with Gasteiger partial charge in [0.1, 0.15) is 5.41 Å². The van der Waals surface area contributed by atoms with Gasteiger partial charge in [-0.05, 0) is 19.8 Å². The van der Waals surface area contributed by atoms with Crippen LogP contribution < -0.4 is 5.32 Å². The third-order valence-corrected chi connectivity index (χ3v) is 3.11. The van der Waals surface area contributed by atoms with Crippen molar-refractivity contribution in [2.45, 2.75) is 25.2 Å². The number of rotatable bonds is 2. The maximum atomic E-state index is 12.0. The van der Waals surface area contributed by atoms with Gasteiger partial charge in [0.2, 0.25) is 5.91 Å². The molecule has 16 heavy (non-hydrogen) atoms. The Bertz CT molecular complexity index is 380. The fourth-order valence-electron chi connectivity index (χ4n) is 2.13. The van der Waals surface area contributed by atoms with Gasteiger partial charge in [-0.1, -0.05) is 5.16 Å². The molecule has 1 aliphatic heterocycles. The van der Waals surface area contributed by atoms with Crippen molar-refractivity contribution in [2.75, 3.05) is 20.3 Å². The Hall–Kier alpha value is -1.36. The lowest BCUT2D eigenvalue weighted by Gasteiger charge is -2.32. The van der Waals surface area contributed by atoms with E-state index in [1.165, 1.54) is 0 Å². The molecule has 0 atom stereocenters. The Kier molecular flexibility index (Phi) is 2.96. The standard InChI is InChI=1S/C11H16N2O3/c1-8-7-9(16-13-8)11(10(14)12-2)3-5-15-6-4-11/h7H,3-6H2,1-2H3,(H,12,14). The van der Waals surface area contributed by atoms with Gasteiger partial charge in [-0.15, -0.1) is 0 Å². The highest BCUT2D eigenvalue weighted by atomic mass is 16.5. The summed E-state index contributed by atoms with van der Waals surface area (Å²) < 4.78 is 10.6. The molecule has 1 aliphatic rings. The van der Waals surface area contributed by atoms with E-state index in [0.717, 1.165) is 5.69 Å². The van der Waals surface area contributed by atoms with Crippen molar-refractivity contribution in [3.05, 3.63) is 17.5 Å². The van der Waals surface area contributed by atoms with Crippen LogP contribution in [0.1, 0.15) is 24.3 Å². The first kappa shape index (κ1) is 11.1. The second-order valence-electron chi connectivity index (χ2n) is 4.11. The molecular formula is C11H16N2O3. The van der Waals surface area contributed by atoms with Crippen LogP contribution in [0.4, 0.5) is 0 Å². The van der Waals surface area contributed by atoms with Crippen molar-refractivity contribution in [2.24, 2.45) is 0 Å². The molecule has 0 aromatic carbocycles. The van der Waals surface area contributed by atoms with Gasteiger partial charge in [-0.3, -0.25) is 4.79 Å². The molecule has 0 bridgehead atoms. The van der Waals surface area contributed by atoms with Crippen molar-refractivity contribution >= 4 is 5.91 Å². The molecule has 0 unspecified atom stereocenters. The molecule has 1 saturated heterocycles. The summed E-state index contributed by atoms with van der Waals surface area (Å²) >= 11 is 0. The molecule has 0 spiro atoms. The van der Waals surface area contributed by atoms with Crippen LogP contribution in [0, 0.1) is 6.92 Å². The van der Waals surface area contributed by atoms with Crippen molar-refractivity contribution in [3.63, 3.8) is 0 Å². The topological polar surface area (TPSA) is 64.4 Å². The molecule has 0 radical (unpaired) electrons. The first-order valence-electron chi connectivity index (χ1n) is 5.43. The smallest absolute Gasteiger partial charge is 0.233 e. The number of hydrogen-bond donors (Lipinski definition) is 1. The van der Waals surface area contributed by atoms with Gasteiger partial charge in [0.15, 0.2) is 5.76 Å². The highest BCUT2D eigenvalue weighted by Crippen LogP contribution is 2.35. The number of aryl methyl sites for hydroxylation is 1. The highest BCUT2D eigenvalue weighted by molar-refractivity contribution is 5.87. The van der Waals surface area contributed by atoms with E-state index in [1.54, 1.807) is 7.05 Å². The summed E-state index contributed by atoms with van der Waals surface area (Å²) in [6, 6.07) is 1.83. The summed E-state index contributed by atoms with van der Waals surface area (Å²) in [5, 5.41) is 6.56. The molecule has 2 rings (SSSR count). The number of hydrogen-bond acceptors (Lipinski definition) is 4. The summed E-state index contributed by atoms with van der Waals surface area (Å²) in [4.78, 5) is 12.0. The fourth-order valence-corrected chi connectivity index (χ4v) is 2.13. The first-order chi connectivity index (χ1) is 7.69. The van der Waals surface area contributed by atoms with Gasteiger partial charge in [0.25, 0.3) is 0 Å². The second-order valence-corrected chi connectivity index (χ2v) is 4.11. The Morgan fingerprint density at radius 1 is 1.50 bits per heavy atom. The first-order valence-corrected chi connectivity index (χ1v) is 5.43. The van der Waals surface area contributed by atoms with Crippen molar-refractivity contribution in [1.29, 1.82) is 0 Å². The molecule has 1 aromatic rings. The molecule has 88 valence electrons. The normalized spacial score (nSPS) is 19.4. The highest BCUT2D eigenvalue weighted by Gasteiger charge is 2.44. The summed E-state index contributed by atoms with van der Waals surface area (Å²) in [7, 11) is 1.64. The molecule has 2 heterocycles. The van der Waals surface area contributed by atoms with Crippen LogP contribution >= 0.6 is 0 Å². The van der Waals surface area contributed by atoms with Gasteiger partial charge >= 0.3 is 0 Å². The van der Waals surface area contributed by atoms with Gasteiger partial charge < -0.3 is 14.6 Å². The van der Waals surface area contributed by atoms with Crippen LogP contribution in [0.3, 0.4) is 0 Å². The predicted octanol–water partition coefficient (Wildman–Crippen LogP) is 0.777. The minimum absolute atomic E-state index is 0.0213. The molecule has 0 saturated carbocycles. The van der Waals surface area contributed by atoms with E-state index in [4.69, 9.17) is 9.26 Å². The predicted molar refractivity (Wildman–Crippen MR) is 57.0 cm³/mol. The molecule has 1 fully saturated rings. The lowest BCUT2D eigenvalue weighted by Crippen LogP contribution is -2.46. The summed E-state index contributed by atoms with van der Waals surface area (Å²) in [6.07, 6.45) is 1.28. The van der Waals surface area contributed by atoms with E-state index in [0.29, 0.717) is 31.8 Å². The van der Waals surface area contributed by atoms with Crippen LogP contribution in [0.15, 0.2) is 10.6 Å². The zero-order chi connectivity index (χ0) is 11.6. The average Bonchev–Trinajstić information content (AvgIpc) is 2.76. The zero-order valence-corrected chi connectivity index (χ0v) is 9.58. The number of ether oxygens (including phenoxy) is 1. The largest absolute Gasteiger partial charge is 0.381 e. The van der Waals surface area contributed by atoms with Crippen LogP contribution in [-0.4, -0.2) is 31.3 Å². The third-order valence-electron chi connectivity index (χ3n) is 3.11. The van der Waals surface area contributed by atoms with Crippen molar-refractivity contribution < 1.29 is 14.1 Å². The van der Waals surface area contributed by atoms with E-state index in [-0.39, 0.29) is 5.91 Å². The van der Waals surface area contributed by atoms with Crippen LogP contribution in [0.5, 0.6) is 0 Å². The molecule has 0 aliphatic carbocycles. The van der Waals surface area contributed by atoms with Crippen LogP contribution in [0.2, 0.25) is 0 Å². The molecule has 1 aromatic heterocycles. The Morgan fingerprint density at radius 3 is 2.69 bits per heavy atom. The lowest BCUT2D eigenvalue weighted by molar-refractivity contribution is -0.131. The van der Waals surface area contributed by atoms with E-state index in [1.807, 2.05) is 13.0 Å². The second kappa shape index (κ2) is 4.25. The average molecular weight is 224 g/mol. The number of carbonyl (C=O) groups is 1. The quantitative estimate of drug-likeness (QED) is 0.806. The summed E-state index contributed by atoms with van der Waals surface area (Å²) in [5.74, 6) is 0.625. The van der Waals surface area contributed by atoms with Crippen LogP contribution in [-0.2, 0) is 14.9 Å². The summed E-state index contributed by atoms with van der Waals surface area (Å²) in [6.45, 7) is 3.00. The Balaban J connectivity index is 2.37. The number of carbonyl (C=O) groups excluding carboxylic acids is 1. The Labute approximate surface area is 94.1 Å². The molecule has 1 N–H and O–H groups in total. The van der Waals surface area contributed by atoms with E-state index in [2.05, 4.69) is 10.5 Å². The number of likely N-dealkylation sites (N-methyl/N-ethyl adjacent to an activating group) is 1. The van der Waals surface area contributed by atoms with E-state index >= 15 is 0 Å². The maximum Gasteiger partial charge on any atom is 0.233 e. The summed E-state index contributed by atoms with van der Waals surface area (Å²) in [5.41, 5.74) is 0.193. The van der Waals surface area contributed by atoms with Gasteiger partial charge in [0.05, 0.1) is 5.69 Å². The number of nitrogens with one attached hydrogen (secondary N) is 1. The van der Waals surface area contributed by atoms with Gasteiger partial charge in [0, 0.05) is 26.3 Å². The minimum Gasteiger partial charge on any atom is -0.381 e. The molecule has 5 heteroatoms. The van der Waals surface area contributed by atoms with E-state index in [9.17, 15) is 4.79 Å². The van der Waals surface area contributed by atoms with Gasteiger partial charge in [-0.2, -0.15) is 0 Å².